The first-order valence-electron chi connectivity index (χ1n) is 9.39. The molecule has 0 saturated carbocycles. The van der Waals surface area contributed by atoms with Gasteiger partial charge in [0.2, 0.25) is 0 Å². The van der Waals surface area contributed by atoms with Crippen LogP contribution >= 0.6 is 0 Å². The second kappa shape index (κ2) is 10.2. The fourth-order valence-electron chi connectivity index (χ4n) is 2.94. The minimum absolute atomic E-state index is 0.00835. The molecule has 3 aromatic rings. The van der Waals surface area contributed by atoms with Crippen molar-refractivity contribution in [3.05, 3.63) is 95.6 Å². The van der Waals surface area contributed by atoms with Crippen LogP contribution in [0.1, 0.15) is 16.7 Å². The highest BCUT2D eigenvalue weighted by atomic mass is 16.5. The van der Waals surface area contributed by atoms with Gasteiger partial charge in [-0.2, -0.15) is 0 Å². The summed E-state index contributed by atoms with van der Waals surface area (Å²) < 4.78 is 10.9. The molecule has 28 heavy (non-hydrogen) atoms. The molecule has 4 nitrogen and oxygen atoms in total. The first-order valence-corrected chi connectivity index (χ1v) is 9.39. The van der Waals surface area contributed by atoms with Crippen molar-refractivity contribution in [2.45, 2.75) is 12.8 Å². The van der Waals surface area contributed by atoms with Crippen molar-refractivity contribution in [2.75, 3.05) is 20.3 Å². The predicted octanol–water partition coefficient (Wildman–Crippen LogP) is 4.02. The van der Waals surface area contributed by atoms with Crippen molar-refractivity contribution in [2.24, 2.45) is 0 Å². The Bertz CT molecular complexity index is 876. The molecule has 4 heteroatoms. The Morgan fingerprint density at radius 2 is 1.57 bits per heavy atom. The molecule has 0 radical (unpaired) electrons. The highest BCUT2D eigenvalue weighted by Gasteiger charge is 2.07. The topological polar surface area (TPSA) is 47.6 Å². The highest BCUT2D eigenvalue weighted by Crippen LogP contribution is 2.21. The summed E-state index contributed by atoms with van der Waals surface area (Å²) in [6.45, 7) is 0.578. The van der Waals surface area contributed by atoms with E-state index in [1.165, 1.54) is 5.56 Å². The van der Waals surface area contributed by atoms with Gasteiger partial charge >= 0.3 is 0 Å². The van der Waals surface area contributed by atoms with Gasteiger partial charge < -0.3 is 14.8 Å². The van der Waals surface area contributed by atoms with Gasteiger partial charge in [0, 0.05) is 13.0 Å². The molecule has 0 aliphatic rings. The van der Waals surface area contributed by atoms with E-state index >= 15 is 0 Å². The molecule has 0 spiro atoms. The fraction of sp³-hybridized carbons (Fsp3) is 0.208. The van der Waals surface area contributed by atoms with Crippen LogP contribution in [0.25, 0.3) is 0 Å². The normalized spacial score (nSPS) is 10.3. The average molecular weight is 375 g/mol. The van der Waals surface area contributed by atoms with Crippen LogP contribution in [0.15, 0.2) is 78.9 Å². The fourth-order valence-corrected chi connectivity index (χ4v) is 2.94. The van der Waals surface area contributed by atoms with E-state index in [-0.39, 0.29) is 12.5 Å². The van der Waals surface area contributed by atoms with Crippen LogP contribution in [0.4, 0.5) is 0 Å². The number of para-hydroxylation sites is 1. The number of methoxy groups -OCH3 is 1. The maximum Gasteiger partial charge on any atom is 0.257 e. The Kier molecular flexibility index (Phi) is 7.08. The second-order valence-corrected chi connectivity index (χ2v) is 6.51. The third-order valence-corrected chi connectivity index (χ3v) is 4.46. The third kappa shape index (κ3) is 5.88. The molecule has 1 N–H and O–H groups in total. The van der Waals surface area contributed by atoms with Gasteiger partial charge in [0.25, 0.3) is 5.91 Å². The van der Waals surface area contributed by atoms with Crippen LogP contribution in [-0.4, -0.2) is 26.2 Å². The predicted molar refractivity (Wildman–Crippen MR) is 111 cm³/mol. The van der Waals surface area contributed by atoms with Crippen LogP contribution in [0.3, 0.4) is 0 Å². The maximum atomic E-state index is 12.1. The average Bonchev–Trinajstić information content (AvgIpc) is 2.74. The molecule has 0 heterocycles. The Labute approximate surface area is 166 Å². The quantitative estimate of drug-likeness (QED) is 0.614. The van der Waals surface area contributed by atoms with E-state index in [1.807, 2.05) is 66.7 Å². The summed E-state index contributed by atoms with van der Waals surface area (Å²) in [5.74, 6) is 1.45. The van der Waals surface area contributed by atoms with E-state index in [1.54, 1.807) is 7.11 Å². The number of nitrogens with one attached hydrogen (secondary N) is 1. The number of hydrogen-bond donors (Lipinski definition) is 1. The molecular formula is C24H25NO3. The molecule has 3 aromatic carbocycles. The second-order valence-electron chi connectivity index (χ2n) is 6.51. The molecule has 0 aliphatic heterocycles. The molecule has 1 amide bonds. The summed E-state index contributed by atoms with van der Waals surface area (Å²) in [5, 5.41) is 2.90. The molecule has 0 fully saturated rings. The molecule has 0 unspecified atom stereocenters. The maximum absolute atomic E-state index is 12.1. The van der Waals surface area contributed by atoms with Crippen LogP contribution in [-0.2, 0) is 17.6 Å². The van der Waals surface area contributed by atoms with E-state index in [4.69, 9.17) is 9.47 Å². The zero-order chi connectivity index (χ0) is 19.6. The summed E-state index contributed by atoms with van der Waals surface area (Å²) in [6.07, 6.45) is 1.54. The Balaban J connectivity index is 1.46. The number of amides is 1. The molecule has 0 atom stereocenters. The Hall–Kier alpha value is -3.27. The molecule has 0 bridgehead atoms. The molecule has 144 valence electrons. The molecule has 3 rings (SSSR count). The number of benzene rings is 3. The third-order valence-electron chi connectivity index (χ3n) is 4.46. The highest BCUT2D eigenvalue weighted by molar-refractivity contribution is 5.77. The van der Waals surface area contributed by atoms with E-state index in [0.29, 0.717) is 6.54 Å². The SMILES string of the molecule is COc1ccc(CCNC(=O)COc2ccccc2Cc2ccccc2)cc1. The smallest absolute Gasteiger partial charge is 0.257 e. The molecule has 0 saturated heterocycles. The lowest BCUT2D eigenvalue weighted by Crippen LogP contribution is -2.30. The monoisotopic (exact) mass is 375 g/mol. The number of rotatable bonds is 9. The van der Waals surface area contributed by atoms with E-state index in [0.717, 1.165) is 35.5 Å². The van der Waals surface area contributed by atoms with Crippen LogP contribution in [0, 0.1) is 0 Å². The van der Waals surface area contributed by atoms with E-state index in [2.05, 4.69) is 17.4 Å². The Morgan fingerprint density at radius 3 is 2.32 bits per heavy atom. The molecule has 0 aromatic heterocycles. The van der Waals surface area contributed by atoms with Gasteiger partial charge in [-0.05, 0) is 41.3 Å². The zero-order valence-corrected chi connectivity index (χ0v) is 16.1. The summed E-state index contributed by atoms with van der Waals surface area (Å²) in [4.78, 5) is 12.1. The summed E-state index contributed by atoms with van der Waals surface area (Å²) in [6, 6.07) is 25.9. The minimum Gasteiger partial charge on any atom is -0.497 e. The van der Waals surface area contributed by atoms with Gasteiger partial charge in [0.05, 0.1) is 7.11 Å². The lowest BCUT2D eigenvalue weighted by Gasteiger charge is -2.12. The van der Waals surface area contributed by atoms with Gasteiger partial charge in [-0.25, -0.2) is 0 Å². The summed E-state index contributed by atoms with van der Waals surface area (Å²) in [7, 11) is 1.65. The van der Waals surface area contributed by atoms with Gasteiger partial charge in [-0.3, -0.25) is 4.79 Å². The molecular weight excluding hydrogens is 350 g/mol. The standard InChI is InChI=1S/C24H25NO3/c1-27-22-13-11-19(12-14-22)15-16-25-24(26)18-28-23-10-6-5-9-21(23)17-20-7-3-2-4-8-20/h2-14H,15-18H2,1H3,(H,25,26). The van der Waals surface area contributed by atoms with Crippen molar-refractivity contribution in [1.29, 1.82) is 0 Å². The lowest BCUT2D eigenvalue weighted by atomic mass is 10.0. The van der Waals surface area contributed by atoms with Gasteiger partial charge in [-0.1, -0.05) is 60.7 Å². The van der Waals surface area contributed by atoms with Crippen LogP contribution in [0.5, 0.6) is 11.5 Å². The molecule has 0 aliphatic carbocycles. The van der Waals surface area contributed by atoms with E-state index < -0.39 is 0 Å². The number of hydrogen-bond acceptors (Lipinski definition) is 3. The first kappa shape index (κ1) is 19.5. The van der Waals surface area contributed by atoms with Crippen molar-refractivity contribution in [3.8, 4) is 11.5 Å². The number of ether oxygens (including phenoxy) is 2. The summed E-state index contributed by atoms with van der Waals surface area (Å²) in [5.41, 5.74) is 3.43. The van der Waals surface area contributed by atoms with Gasteiger partial charge in [-0.15, -0.1) is 0 Å². The lowest BCUT2D eigenvalue weighted by molar-refractivity contribution is -0.123. The largest absolute Gasteiger partial charge is 0.497 e. The van der Waals surface area contributed by atoms with Gasteiger partial charge in [0.15, 0.2) is 6.61 Å². The van der Waals surface area contributed by atoms with E-state index in [9.17, 15) is 4.79 Å². The van der Waals surface area contributed by atoms with Crippen molar-refractivity contribution >= 4 is 5.91 Å². The van der Waals surface area contributed by atoms with Crippen molar-refractivity contribution in [1.82, 2.24) is 5.32 Å². The minimum atomic E-state index is -0.122. The van der Waals surface area contributed by atoms with Crippen LogP contribution < -0.4 is 14.8 Å². The number of carbonyl (C=O) groups is 1. The van der Waals surface area contributed by atoms with Crippen LogP contribution in [0.2, 0.25) is 0 Å². The van der Waals surface area contributed by atoms with Crippen molar-refractivity contribution < 1.29 is 14.3 Å². The van der Waals surface area contributed by atoms with Crippen molar-refractivity contribution in [3.63, 3.8) is 0 Å². The Morgan fingerprint density at radius 1 is 0.857 bits per heavy atom. The zero-order valence-electron chi connectivity index (χ0n) is 16.1. The number of carbonyl (C=O) groups excluding carboxylic acids is 1. The summed E-state index contributed by atoms with van der Waals surface area (Å²) >= 11 is 0. The first-order chi connectivity index (χ1) is 13.7. The van der Waals surface area contributed by atoms with Gasteiger partial charge in [0.1, 0.15) is 11.5 Å².